The number of Topliss-reactive ketones (excluding diaryl/α,β-unsaturated/α-hetero) is 1. The number of carbonyl (C=O) groups excluding carboxylic acids is 4. The minimum Gasteiger partial charge on any atom is -0.455 e. The molecule has 32 heavy (non-hydrogen) atoms. The van der Waals surface area contributed by atoms with Crippen LogP contribution in [-0.4, -0.2) is 52.7 Å². The molecule has 7 atom stereocenters. The summed E-state index contributed by atoms with van der Waals surface area (Å²) in [4.78, 5) is 51.0. The van der Waals surface area contributed by atoms with Crippen LogP contribution in [0.4, 0.5) is 0 Å². The standard InChI is InChI=1S/C24H36O8/c1-8-13(4)22(27)30-18-16-15(6)23(28)31-19(16)20(32-21(26)12(2)3)24(7,29)11-9-10-14(5)17(18)25/h12-14,16,18-20,29H,6,8-11H2,1-5,7H3/t13-,14-,16-,18-,19+,20-,24+/m1/s1. The van der Waals surface area contributed by atoms with Gasteiger partial charge in [0.05, 0.1) is 17.8 Å². The molecular weight excluding hydrogens is 416 g/mol. The molecule has 8 heteroatoms. The van der Waals surface area contributed by atoms with Crippen LogP contribution in [0.3, 0.4) is 0 Å². The highest BCUT2D eigenvalue weighted by Crippen LogP contribution is 2.41. The first-order valence-electron chi connectivity index (χ1n) is 11.4. The first kappa shape index (κ1) is 26.0. The second-order valence-electron chi connectivity index (χ2n) is 9.65. The Morgan fingerprint density at radius 1 is 1.22 bits per heavy atom. The quantitative estimate of drug-likeness (QED) is 0.385. The summed E-state index contributed by atoms with van der Waals surface area (Å²) in [6.07, 6.45) is -2.14. The summed E-state index contributed by atoms with van der Waals surface area (Å²) >= 11 is 0. The number of hydrogen-bond donors (Lipinski definition) is 1. The van der Waals surface area contributed by atoms with Crippen molar-refractivity contribution >= 4 is 23.7 Å². The minimum absolute atomic E-state index is 0.0422. The number of fused-ring (bicyclic) bond motifs is 1. The zero-order valence-electron chi connectivity index (χ0n) is 19.9. The maximum absolute atomic E-state index is 13.3. The molecule has 1 aliphatic carbocycles. The highest BCUT2D eigenvalue weighted by molar-refractivity contribution is 5.95. The van der Waals surface area contributed by atoms with Crippen LogP contribution >= 0.6 is 0 Å². The van der Waals surface area contributed by atoms with E-state index >= 15 is 0 Å². The molecule has 1 saturated carbocycles. The highest BCUT2D eigenvalue weighted by Gasteiger charge is 2.57. The molecular formula is C24H36O8. The predicted octanol–water partition coefficient (Wildman–Crippen LogP) is 2.75. The lowest BCUT2D eigenvalue weighted by Gasteiger charge is -2.40. The second kappa shape index (κ2) is 10.1. The number of ketones is 1. The van der Waals surface area contributed by atoms with Crippen molar-refractivity contribution in [3.63, 3.8) is 0 Å². The molecule has 0 spiro atoms. The maximum Gasteiger partial charge on any atom is 0.334 e. The number of ether oxygens (including phenoxy) is 3. The van der Waals surface area contributed by atoms with Gasteiger partial charge >= 0.3 is 17.9 Å². The Morgan fingerprint density at radius 2 is 1.84 bits per heavy atom. The number of rotatable bonds is 5. The smallest absolute Gasteiger partial charge is 0.334 e. The van der Waals surface area contributed by atoms with E-state index in [1.807, 2.05) is 6.92 Å². The number of aliphatic hydroxyl groups is 1. The van der Waals surface area contributed by atoms with Gasteiger partial charge in [-0.25, -0.2) is 4.79 Å². The van der Waals surface area contributed by atoms with E-state index in [4.69, 9.17) is 14.2 Å². The molecule has 0 radical (unpaired) electrons. The average molecular weight is 453 g/mol. The minimum atomic E-state index is -1.54. The summed E-state index contributed by atoms with van der Waals surface area (Å²) in [5.74, 6) is -4.73. The highest BCUT2D eigenvalue weighted by atomic mass is 16.6. The van der Waals surface area contributed by atoms with Gasteiger partial charge in [0.2, 0.25) is 0 Å². The molecule has 1 saturated heterocycles. The van der Waals surface area contributed by atoms with Crippen LogP contribution in [0.25, 0.3) is 0 Å². The van der Waals surface area contributed by atoms with Gasteiger partial charge < -0.3 is 19.3 Å². The van der Waals surface area contributed by atoms with Crippen LogP contribution < -0.4 is 0 Å². The van der Waals surface area contributed by atoms with Crippen LogP contribution in [0, 0.1) is 23.7 Å². The van der Waals surface area contributed by atoms with Crippen LogP contribution in [-0.2, 0) is 33.4 Å². The number of carbonyl (C=O) groups is 4. The zero-order chi connectivity index (χ0) is 24.4. The van der Waals surface area contributed by atoms with Gasteiger partial charge in [-0.2, -0.15) is 0 Å². The van der Waals surface area contributed by atoms with E-state index < -0.39 is 65.5 Å². The zero-order valence-corrected chi connectivity index (χ0v) is 19.9. The SMILES string of the molecule is C=C1C(=O)O[C@H]2[C@H]1[C@@H](OC(=O)[C@H](C)CC)C(=O)[C@H](C)CCC[C@](C)(O)[C@@H]2OC(=O)C(C)C. The summed E-state index contributed by atoms with van der Waals surface area (Å²) in [6, 6.07) is 0. The molecule has 0 aromatic rings. The fourth-order valence-electron chi connectivity index (χ4n) is 4.07. The van der Waals surface area contributed by atoms with Crippen LogP contribution in [0.1, 0.15) is 67.2 Å². The normalized spacial score (nSPS) is 34.5. The topological polar surface area (TPSA) is 116 Å². The molecule has 1 aliphatic heterocycles. The third-order valence-electron chi connectivity index (χ3n) is 6.56. The van der Waals surface area contributed by atoms with Gasteiger partial charge in [0.15, 0.2) is 24.1 Å². The predicted molar refractivity (Wildman–Crippen MR) is 115 cm³/mol. The Balaban J connectivity index is 2.57. The fraction of sp³-hybridized carbons (Fsp3) is 0.750. The molecule has 0 unspecified atom stereocenters. The van der Waals surface area contributed by atoms with Gasteiger partial charge in [0.1, 0.15) is 5.60 Å². The van der Waals surface area contributed by atoms with E-state index in [9.17, 15) is 24.3 Å². The Labute approximate surface area is 189 Å². The van der Waals surface area contributed by atoms with Gasteiger partial charge in [-0.05, 0) is 32.6 Å². The van der Waals surface area contributed by atoms with Crippen molar-refractivity contribution in [2.75, 3.05) is 0 Å². The summed E-state index contributed by atoms with van der Waals surface area (Å²) in [5, 5.41) is 11.3. The van der Waals surface area contributed by atoms with Crippen molar-refractivity contribution in [2.24, 2.45) is 23.7 Å². The van der Waals surface area contributed by atoms with Gasteiger partial charge in [-0.1, -0.05) is 41.2 Å². The largest absolute Gasteiger partial charge is 0.455 e. The Bertz CT molecular complexity index is 768. The summed E-state index contributed by atoms with van der Waals surface area (Å²) < 4.78 is 16.8. The lowest BCUT2D eigenvalue weighted by atomic mass is 9.76. The van der Waals surface area contributed by atoms with Crippen molar-refractivity contribution in [1.29, 1.82) is 0 Å². The Hall–Kier alpha value is -2.22. The Kier molecular flexibility index (Phi) is 8.26. The molecule has 2 rings (SSSR count). The van der Waals surface area contributed by atoms with Crippen molar-refractivity contribution < 1.29 is 38.5 Å². The second-order valence-corrected chi connectivity index (χ2v) is 9.65. The molecule has 8 nitrogen and oxygen atoms in total. The molecule has 0 bridgehead atoms. The molecule has 2 aliphatic rings. The van der Waals surface area contributed by atoms with Crippen molar-refractivity contribution in [1.82, 2.24) is 0 Å². The third kappa shape index (κ3) is 5.39. The first-order chi connectivity index (χ1) is 14.8. The first-order valence-corrected chi connectivity index (χ1v) is 11.4. The Morgan fingerprint density at radius 3 is 2.41 bits per heavy atom. The van der Waals surface area contributed by atoms with Gasteiger partial charge in [0.25, 0.3) is 0 Å². The van der Waals surface area contributed by atoms with E-state index in [0.29, 0.717) is 19.3 Å². The lowest BCUT2D eigenvalue weighted by molar-refractivity contribution is -0.196. The van der Waals surface area contributed by atoms with E-state index in [1.54, 1.807) is 27.7 Å². The summed E-state index contributed by atoms with van der Waals surface area (Å²) in [7, 11) is 0. The van der Waals surface area contributed by atoms with Gasteiger partial charge in [0, 0.05) is 11.5 Å². The van der Waals surface area contributed by atoms with E-state index in [2.05, 4.69) is 6.58 Å². The lowest BCUT2D eigenvalue weighted by Crippen LogP contribution is -2.55. The van der Waals surface area contributed by atoms with Crippen LogP contribution in [0.5, 0.6) is 0 Å². The van der Waals surface area contributed by atoms with Crippen molar-refractivity contribution in [2.45, 2.75) is 91.1 Å². The van der Waals surface area contributed by atoms with E-state index in [-0.39, 0.29) is 17.8 Å². The summed E-state index contributed by atoms with van der Waals surface area (Å²) in [5.41, 5.74) is -1.58. The third-order valence-corrected chi connectivity index (χ3v) is 6.56. The molecule has 180 valence electrons. The van der Waals surface area contributed by atoms with E-state index in [0.717, 1.165) is 0 Å². The van der Waals surface area contributed by atoms with Gasteiger partial charge in [-0.3, -0.25) is 14.4 Å². The molecule has 1 N–H and O–H groups in total. The van der Waals surface area contributed by atoms with Crippen LogP contribution in [0.2, 0.25) is 0 Å². The molecule has 0 aromatic carbocycles. The van der Waals surface area contributed by atoms with Crippen LogP contribution in [0.15, 0.2) is 12.2 Å². The fourth-order valence-corrected chi connectivity index (χ4v) is 4.07. The molecule has 2 fully saturated rings. The summed E-state index contributed by atoms with van der Waals surface area (Å²) in [6.45, 7) is 13.8. The van der Waals surface area contributed by atoms with Crippen molar-refractivity contribution in [3.05, 3.63) is 12.2 Å². The monoisotopic (exact) mass is 452 g/mol. The molecule has 0 amide bonds. The van der Waals surface area contributed by atoms with Gasteiger partial charge in [-0.15, -0.1) is 0 Å². The van der Waals surface area contributed by atoms with E-state index in [1.165, 1.54) is 6.92 Å². The number of esters is 3. The number of hydrogen-bond acceptors (Lipinski definition) is 8. The maximum atomic E-state index is 13.3. The molecule has 0 aromatic heterocycles. The average Bonchev–Trinajstić information content (AvgIpc) is 3.01. The van der Waals surface area contributed by atoms with Crippen molar-refractivity contribution in [3.8, 4) is 0 Å². The molecule has 1 heterocycles.